The standard InChI is InChI=1S/C66H50N2/c1-9-29-51(30-10-1)63(52-31-11-2-12-32-52)59-45-25-26-46-60(59)64(53-33-13-3-14-34-53,54-35-15-4-16-36-54)67(63)49-50-68-65(55-37-17-5-18-38-55,56-39-19-6-20-40-56)61-47-27-28-48-62(61)66(68,57-41-21-7-22-42-57)58-43-23-8-24-44-58/h1-50H/b50-49+. The van der Waals surface area contributed by atoms with Crippen LogP contribution in [0.2, 0.25) is 0 Å². The van der Waals surface area contributed by atoms with E-state index in [9.17, 15) is 0 Å². The molecule has 0 aliphatic carbocycles. The molecule has 2 nitrogen and oxygen atoms in total. The summed E-state index contributed by atoms with van der Waals surface area (Å²) in [5.41, 5.74) is 11.1. The third-order valence-corrected chi connectivity index (χ3v) is 14.8. The van der Waals surface area contributed by atoms with Gasteiger partial charge in [-0.1, -0.05) is 291 Å². The minimum atomic E-state index is -0.821. The van der Waals surface area contributed by atoms with Crippen LogP contribution in [0.15, 0.2) is 304 Å². The SMILES string of the molecule is C(=C\N1C(c2ccccc2)(c2ccccc2)c2ccccc2C1(c1ccccc1)c1ccccc1)/N1C(c2ccccc2)(c2ccccc2)c2ccccc2C1(c1ccccc1)c1ccccc1. The van der Waals surface area contributed by atoms with Gasteiger partial charge in [0.2, 0.25) is 0 Å². The Hall–Kier alpha value is -8.46. The topological polar surface area (TPSA) is 6.48 Å². The van der Waals surface area contributed by atoms with Gasteiger partial charge in [-0.05, 0) is 66.8 Å². The van der Waals surface area contributed by atoms with Crippen molar-refractivity contribution in [2.75, 3.05) is 0 Å². The van der Waals surface area contributed by atoms with Crippen LogP contribution < -0.4 is 0 Å². The van der Waals surface area contributed by atoms with Gasteiger partial charge in [-0.15, -0.1) is 0 Å². The Morgan fingerprint density at radius 3 is 0.456 bits per heavy atom. The molecule has 0 amide bonds. The second-order valence-corrected chi connectivity index (χ2v) is 17.9. The molecule has 0 N–H and O–H groups in total. The van der Waals surface area contributed by atoms with Crippen molar-refractivity contribution in [3.8, 4) is 0 Å². The number of hydrogen-bond donors (Lipinski definition) is 0. The molecule has 2 aliphatic heterocycles. The molecule has 0 bridgehead atoms. The van der Waals surface area contributed by atoms with E-state index in [0.717, 1.165) is 0 Å². The summed E-state index contributed by atoms with van der Waals surface area (Å²) in [6, 6.07) is 108. The monoisotopic (exact) mass is 870 g/mol. The fourth-order valence-corrected chi connectivity index (χ4v) is 12.3. The van der Waals surface area contributed by atoms with Gasteiger partial charge in [0.25, 0.3) is 0 Å². The summed E-state index contributed by atoms with van der Waals surface area (Å²) in [5.74, 6) is 0. The second kappa shape index (κ2) is 16.8. The van der Waals surface area contributed by atoms with Crippen LogP contribution in [-0.4, -0.2) is 9.80 Å². The zero-order valence-corrected chi connectivity index (χ0v) is 37.8. The van der Waals surface area contributed by atoms with Gasteiger partial charge in [0.05, 0.1) is 0 Å². The fourth-order valence-electron chi connectivity index (χ4n) is 12.3. The summed E-state index contributed by atoms with van der Waals surface area (Å²) in [6.07, 6.45) is 4.93. The molecule has 12 rings (SSSR count). The minimum Gasteiger partial charge on any atom is -0.341 e. The molecular formula is C66H50N2. The maximum absolute atomic E-state index is 2.71. The molecule has 10 aromatic carbocycles. The van der Waals surface area contributed by atoms with E-state index in [-0.39, 0.29) is 0 Å². The second-order valence-electron chi connectivity index (χ2n) is 17.9. The molecule has 0 radical (unpaired) electrons. The van der Waals surface area contributed by atoms with Crippen LogP contribution in [-0.2, 0) is 22.2 Å². The maximum Gasteiger partial charge on any atom is 0.117 e. The summed E-state index contributed by atoms with van der Waals surface area (Å²) in [7, 11) is 0. The van der Waals surface area contributed by atoms with Crippen molar-refractivity contribution in [2.24, 2.45) is 0 Å². The zero-order valence-electron chi connectivity index (χ0n) is 37.8. The van der Waals surface area contributed by atoms with Crippen LogP contribution in [0.25, 0.3) is 0 Å². The van der Waals surface area contributed by atoms with E-state index < -0.39 is 22.2 Å². The number of rotatable bonds is 10. The van der Waals surface area contributed by atoms with Gasteiger partial charge in [0, 0.05) is 12.4 Å². The van der Waals surface area contributed by atoms with E-state index in [1.54, 1.807) is 0 Å². The lowest BCUT2D eigenvalue weighted by Gasteiger charge is -2.51. The van der Waals surface area contributed by atoms with Crippen LogP contribution in [0.3, 0.4) is 0 Å². The highest BCUT2D eigenvalue weighted by atomic mass is 15.3. The molecule has 68 heavy (non-hydrogen) atoms. The molecule has 0 atom stereocenters. The van der Waals surface area contributed by atoms with Crippen molar-refractivity contribution < 1.29 is 0 Å². The molecule has 2 aliphatic rings. The lowest BCUT2D eigenvalue weighted by atomic mass is 9.76. The van der Waals surface area contributed by atoms with Gasteiger partial charge in [0.1, 0.15) is 22.2 Å². The highest BCUT2D eigenvalue weighted by molar-refractivity contribution is 5.69. The lowest BCUT2D eigenvalue weighted by molar-refractivity contribution is 0.137. The molecule has 0 aromatic heterocycles. The minimum absolute atomic E-state index is 0.821. The first kappa shape index (κ1) is 41.0. The normalized spacial score (nSPS) is 16.0. The number of fused-ring (bicyclic) bond motifs is 2. The Balaban J connectivity index is 1.29. The van der Waals surface area contributed by atoms with Crippen molar-refractivity contribution in [1.29, 1.82) is 0 Å². The Morgan fingerprint density at radius 1 is 0.176 bits per heavy atom. The maximum atomic E-state index is 2.71. The number of nitrogens with zero attached hydrogens (tertiary/aromatic N) is 2. The van der Waals surface area contributed by atoms with Gasteiger partial charge in [-0.2, -0.15) is 0 Å². The van der Waals surface area contributed by atoms with Crippen molar-refractivity contribution in [2.45, 2.75) is 22.2 Å². The van der Waals surface area contributed by atoms with E-state index >= 15 is 0 Å². The molecular weight excluding hydrogens is 821 g/mol. The Bertz CT molecular complexity index is 2720. The number of benzene rings is 10. The zero-order chi connectivity index (χ0) is 45.4. The summed E-state index contributed by atoms with van der Waals surface area (Å²) in [6.45, 7) is 0. The molecule has 0 spiro atoms. The van der Waals surface area contributed by atoms with Crippen molar-refractivity contribution in [1.82, 2.24) is 9.80 Å². The van der Waals surface area contributed by atoms with E-state index in [1.807, 2.05) is 0 Å². The molecule has 0 fully saturated rings. The first-order chi connectivity index (χ1) is 33.8. The predicted octanol–water partition coefficient (Wildman–Crippen LogP) is 14.7. The average molecular weight is 871 g/mol. The van der Waals surface area contributed by atoms with Crippen LogP contribution in [0.4, 0.5) is 0 Å². The Morgan fingerprint density at radius 2 is 0.309 bits per heavy atom. The Labute approximate surface area is 400 Å². The molecule has 0 saturated heterocycles. The lowest BCUT2D eigenvalue weighted by Crippen LogP contribution is -2.53. The molecule has 0 saturated carbocycles. The van der Waals surface area contributed by atoms with Gasteiger partial charge >= 0.3 is 0 Å². The fraction of sp³-hybridized carbons (Fsp3) is 0.0606. The van der Waals surface area contributed by atoms with Crippen molar-refractivity contribution in [3.63, 3.8) is 0 Å². The summed E-state index contributed by atoms with van der Waals surface area (Å²) in [4.78, 5) is 5.43. The van der Waals surface area contributed by atoms with Gasteiger partial charge in [0.15, 0.2) is 0 Å². The largest absolute Gasteiger partial charge is 0.341 e. The third kappa shape index (κ3) is 5.77. The highest BCUT2D eigenvalue weighted by Gasteiger charge is 2.63. The first-order valence-corrected chi connectivity index (χ1v) is 23.7. The van der Waals surface area contributed by atoms with Crippen molar-refractivity contribution >= 4 is 0 Å². The third-order valence-electron chi connectivity index (χ3n) is 14.8. The van der Waals surface area contributed by atoms with Crippen molar-refractivity contribution in [3.05, 3.63) is 370 Å². The molecule has 2 heterocycles. The molecule has 2 heteroatoms. The summed E-state index contributed by atoms with van der Waals surface area (Å²) >= 11 is 0. The highest BCUT2D eigenvalue weighted by Crippen LogP contribution is 2.64. The summed E-state index contributed by atoms with van der Waals surface area (Å²) in [5, 5.41) is 0. The first-order valence-electron chi connectivity index (χ1n) is 23.7. The van der Waals surface area contributed by atoms with Gasteiger partial charge in [-0.25, -0.2) is 0 Å². The molecule has 0 unspecified atom stereocenters. The van der Waals surface area contributed by atoms with Crippen LogP contribution in [0.5, 0.6) is 0 Å². The predicted molar refractivity (Wildman–Crippen MR) is 277 cm³/mol. The summed E-state index contributed by atoms with van der Waals surface area (Å²) < 4.78 is 0. The van der Waals surface area contributed by atoms with E-state index in [4.69, 9.17) is 0 Å². The van der Waals surface area contributed by atoms with E-state index in [2.05, 4.69) is 313 Å². The van der Waals surface area contributed by atoms with Gasteiger partial charge < -0.3 is 9.80 Å². The number of hydrogen-bond acceptors (Lipinski definition) is 2. The van der Waals surface area contributed by atoms with Crippen LogP contribution >= 0.6 is 0 Å². The average Bonchev–Trinajstić information content (AvgIpc) is 3.86. The van der Waals surface area contributed by atoms with Crippen LogP contribution in [0.1, 0.15) is 66.8 Å². The van der Waals surface area contributed by atoms with Gasteiger partial charge in [-0.3, -0.25) is 0 Å². The molecule has 10 aromatic rings. The van der Waals surface area contributed by atoms with Crippen LogP contribution in [0, 0.1) is 0 Å². The smallest absolute Gasteiger partial charge is 0.117 e. The van der Waals surface area contributed by atoms with E-state index in [0.29, 0.717) is 0 Å². The van der Waals surface area contributed by atoms with E-state index in [1.165, 1.54) is 66.8 Å². The Kier molecular flexibility index (Phi) is 10.1. The quantitative estimate of drug-likeness (QED) is 0.135. The molecule has 324 valence electrons.